The van der Waals surface area contributed by atoms with Gasteiger partial charge in [-0.15, -0.1) is 0 Å². The van der Waals surface area contributed by atoms with Crippen LogP contribution >= 0.6 is 0 Å². The van der Waals surface area contributed by atoms with Crippen molar-refractivity contribution in [3.63, 3.8) is 0 Å². The first kappa shape index (κ1) is 15.0. The number of rotatable bonds is 6. The van der Waals surface area contributed by atoms with Gasteiger partial charge in [-0.1, -0.05) is 19.1 Å². The van der Waals surface area contributed by atoms with Crippen molar-refractivity contribution in [1.82, 2.24) is 10.3 Å². The van der Waals surface area contributed by atoms with Crippen molar-refractivity contribution in [2.45, 2.75) is 19.9 Å². The Hall–Kier alpha value is -2.43. The lowest BCUT2D eigenvalue weighted by Gasteiger charge is -2.07. The van der Waals surface area contributed by atoms with E-state index in [0.29, 0.717) is 18.8 Å². The summed E-state index contributed by atoms with van der Waals surface area (Å²) in [7, 11) is 0. The van der Waals surface area contributed by atoms with Crippen LogP contribution in [0.4, 0.5) is 10.1 Å². The molecule has 0 aliphatic carbocycles. The second-order valence-corrected chi connectivity index (χ2v) is 4.67. The van der Waals surface area contributed by atoms with Gasteiger partial charge in [-0.2, -0.15) is 0 Å². The van der Waals surface area contributed by atoms with E-state index in [-0.39, 0.29) is 11.7 Å². The molecular formula is C16H18FN3O. The van der Waals surface area contributed by atoms with Gasteiger partial charge in [0.25, 0.3) is 5.91 Å². The van der Waals surface area contributed by atoms with Gasteiger partial charge in [-0.05, 0) is 36.2 Å². The molecule has 1 heterocycles. The Morgan fingerprint density at radius 2 is 1.95 bits per heavy atom. The summed E-state index contributed by atoms with van der Waals surface area (Å²) in [5, 5.41) is 5.95. The first-order valence-corrected chi connectivity index (χ1v) is 6.91. The molecule has 1 aromatic heterocycles. The van der Waals surface area contributed by atoms with Crippen LogP contribution in [0.5, 0.6) is 0 Å². The summed E-state index contributed by atoms with van der Waals surface area (Å²) in [6.45, 7) is 3.21. The lowest BCUT2D eigenvalue weighted by Crippen LogP contribution is -2.24. The molecule has 2 aromatic rings. The monoisotopic (exact) mass is 287 g/mol. The van der Waals surface area contributed by atoms with Crippen LogP contribution in [-0.4, -0.2) is 17.4 Å². The molecule has 2 N–H and O–H groups in total. The van der Waals surface area contributed by atoms with E-state index < -0.39 is 0 Å². The Morgan fingerprint density at radius 3 is 2.57 bits per heavy atom. The summed E-state index contributed by atoms with van der Waals surface area (Å²) in [6, 6.07) is 9.78. The fourth-order valence-corrected chi connectivity index (χ4v) is 1.77. The van der Waals surface area contributed by atoms with Crippen LogP contribution in [0.25, 0.3) is 0 Å². The molecule has 1 aromatic carbocycles. The van der Waals surface area contributed by atoms with Crippen LogP contribution in [0.2, 0.25) is 0 Å². The van der Waals surface area contributed by atoms with Crippen LogP contribution in [0.3, 0.4) is 0 Å². The normalized spacial score (nSPS) is 10.2. The molecule has 0 aliphatic heterocycles. The Balaban J connectivity index is 1.90. The van der Waals surface area contributed by atoms with Crippen LogP contribution in [0.15, 0.2) is 42.6 Å². The highest BCUT2D eigenvalue weighted by Crippen LogP contribution is 2.09. The van der Waals surface area contributed by atoms with Gasteiger partial charge in [0.15, 0.2) is 0 Å². The number of nitrogens with one attached hydrogen (secondary N) is 2. The molecule has 21 heavy (non-hydrogen) atoms. The summed E-state index contributed by atoms with van der Waals surface area (Å²) < 4.78 is 12.8. The average Bonchev–Trinajstić information content (AvgIpc) is 2.52. The third-order valence-electron chi connectivity index (χ3n) is 2.94. The molecule has 4 nitrogen and oxygen atoms in total. The van der Waals surface area contributed by atoms with E-state index in [1.54, 1.807) is 30.5 Å². The van der Waals surface area contributed by atoms with Gasteiger partial charge >= 0.3 is 0 Å². The molecule has 0 unspecified atom stereocenters. The number of hydrogen-bond acceptors (Lipinski definition) is 3. The molecule has 0 saturated carbocycles. The molecule has 0 bridgehead atoms. The number of nitrogens with zero attached hydrogens (tertiary/aromatic N) is 1. The van der Waals surface area contributed by atoms with Crippen molar-refractivity contribution in [3.05, 3.63) is 59.7 Å². The summed E-state index contributed by atoms with van der Waals surface area (Å²) in [5.74, 6) is -0.412. The van der Waals surface area contributed by atoms with Crippen LogP contribution < -0.4 is 10.6 Å². The third kappa shape index (κ3) is 4.56. The van der Waals surface area contributed by atoms with Gasteiger partial charge in [0, 0.05) is 13.1 Å². The van der Waals surface area contributed by atoms with E-state index in [0.717, 1.165) is 17.7 Å². The maximum Gasteiger partial charge on any atom is 0.269 e. The number of hydrogen-bond donors (Lipinski definition) is 2. The van der Waals surface area contributed by atoms with Crippen molar-refractivity contribution < 1.29 is 9.18 Å². The number of carbonyl (C=O) groups excluding carboxylic acids is 1. The Labute approximate surface area is 123 Å². The van der Waals surface area contributed by atoms with Crippen molar-refractivity contribution in [3.8, 4) is 0 Å². The summed E-state index contributed by atoms with van der Waals surface area (Å²) in [5.41, 5.74) is 2.18. The van der Waals surface area contributed by atoms with E-state index >= 15 is 0 Å². The molecule has 110 valence electrons. The number of amides is 1. The van der Waals surface area contributed by atoms with Gasteiger partial charge in [0.1, 0.15) is 11.5 Å². The lowest BCUT2D eigenvalue weighted by molar-refractivity contribution is 0.0949. The van der Waals surface area contributed by atoms with E-state index in [1.165, 1.54) is 12.1 Å². The molecule has 2 rings (SSSR count). The average molecular weight is 287 g/mol. The second-order valence-electron chi connectivity index (χ2n) is 4.67. The van der Waals surface area contributed by atoms with Gasteiger partial charge in [0.2, 0.25) is 0 Å². The van der Waals surface area contributed by atoms with Crippen LogP contribution in [0, 0.1) is 5.82 Å². The van der Waals surface area contributed by atoms with Crippen molar-refractivity contribution >= 4 is 11.6 Å². The zero-order valence-electron chi connectivity index (χ0n) is 11.9. The largest absolute Gasteiger partial charge is 0.380 e. The van der Waals surface area contributed by atoms with Crippen LogP contribution in [-0.2, 0) is 6.54 Å². The Kier molecular flexibility index (Phi) is 5.26. The van der Waals surface area contributed by atoms with E-state index in [1.807, 2.05) is 6.92 Å². The molecule has 0 fully saturated rings. The standard InChI is InChI=1S/C16H18FN3O/c1-2-9-18-16(21)15-8-7-14(11-20-15)19-10-12-3-5-13(17)6-4-12/h3-8,11,19H,2,9-10H2,1H3,(H,18,21). The van der Waals surface area contributed by atoms with Gasteiger partial charge < -0.3 is 10.6 Å². The second kappa shape index (κ2) is 7.38. The van der Waals surface area contributed by atoms with E-state index in [9.17, 15) is 9.18 Å². The summed E-state index contributed by atoms with van der Waals surface area (Å²) in [4.78, 5) is 15.8. The van der Waals surface area contributed by atoms with Gasteiger partial charge in [0.05, 0.1) is 11.9 Å². The lowest BCUT2D eigenvalue weighted by atomic mass is 10.2. The van der Waals surface area contributed by atoms with Gasteiger partial charge in [-0.3, -0.25) is 4.79 Å². The molecule has 5 heteroatoms. The number of halogens is 1. The van der Waals surface area contributed by atoms with Crippen LogP contribution in [0.1, 0.15) is 29.4 Å². The first-order chi connectivity index (χ1) is 10.2. The summed E-state index contributed by atoms with van der Waals surface area (Å²) >= 11 is 0. The number of anilines is 1. The number of carbonyl (C=O) groups is 1. The highest BCUT2D eigenvalue weighted by atomic mass is 19.1. The topological polar surface area (TPSA) is 54.0 Å². The first-order valence-electron chi connectivity index (χ1n) is 6.91. The predicted octanol–water partition coefficient (Wildman–Crippen LogP) is 2.97. The number of aromatic nitrogens is 1. The minimum absolute atomic E-state index is 0.165. The Morgan fingerprint density at radius 1 is 1.19 bits per heavy atom. The fourth-order valence-electron chi connectivity index (χ4n) is 1.77. The highest BCUT2D eigenvalue weighted by Gasteiger charge is 2.05. The molecule has 1 amide bonds. The maximum absolute atomic E-state index is 12.8. The molecule has 0 radical (unpaired) electrons. The smallest absolute Gasteiger partial charge is 0.269 e. The number of pyridine rings is 1. The SMILES string of the molecule is CCCNC(=O)c1ccc(NCc2ccc(F)cc2)cn1. The molecule has 0 saturated heterocycles. The predicted molar refractivity (Wildman–Crippen MR) is 80.6 cm³/mol. The third-order valence-corrected chi connectivity index (χ3v) is 2.94. The minimum atomic E-state index is -0.247. The zero-order chi connectivity index (χ0) is 15.1. The van der Waals surface area contributed by atoms with Crippen molar-refractivity contribution in [2.24, 2.45) is 0 Å². The van der Waals surface area contributed by atoms with E-state index in [2.05, 4.69) is 15.6 Å². The number of benzene rings is 1. The van der Waals surface area contributed by atoms with Crippen molar-refractivity contribution in [2.75, 3.05) is 11.9 Å². The molecular weight excluding hydrogens is 269 g/mol. The minimum Gasteiger partial charge on any atom is -0.380 e. The highest BCUT2D eigenvalue weighted by molar-refractivity contribution is 5.92. The maximum atomic E-state index is 12.8. The van der Waals surface area contributed by atoms with E-state index in [4.69, 9.17) is 0 Å². The molecule has 0 aliphatic rings. The van der Waals surface area contributed by atoms with Crippen molar-refractivity contribution in [1.29, 1.82) is 0 Å². The fraction of sp³-hybridized carbons (Fsp3) is 0.250. The molecule has 0 atom stereocenters. The zero-order valence-corrected chi connectivity index (χ0v) is 11.9. The van der Waals surface area contributed by atoms with Gasteiger partial charge in [-0.25, -0.2) is 9.37 Å². The quantitative estimate of drug-likeness (QED) is 0.859. The summed E-state index contributed by atoms with van der Waals surface area (Å²) in [6.07, 6.45) is 2.51. The Bertz CT molecular complexity index is 581. The molecule has 0 spiro atoms.